The average Bonchev–Trinajstić information content (AvgIpc) is 3.08. The number of ketones is 1. The minimum Gasteiger partial charge on any atom is -0.496 e. The van der Waals surface area contributed by atoms with Gasteiger partial charge in [0.2, 0.25) is 0 Å². The van der Waals surface area contributed by atoms with Gasteiger partial charge >= 0.3 is 0 Å². The highest BCUT2D eigenvalue weighted by Crippen LogP contribution is 2.31. The van der Waals surface area contributed by atoms with Crippen LogP contribution in [0, 0.1) is 6.92 Å². The molecule has 0 unspecified atom stereocenters. The molecule has 3 aromatic rings. The maximum atomic E-state index is 13.1. The van der Waals surface area contributed by atoms with Crippen molar-refractivity contribution in [1.29, 1.82) is 0 Å². The molecule has 2 aromatic carbocycles. The quantitative estimate of drug-likeness (QED) is 0.568. The molecule has 0 spiro atoms. The van der Waals surface area contributed by atoms with Crippen molar-refractivity contribution in [1.82, 2.24) is 5.16 Å². The highest BCUT2D eigenvalue weighted by molar-refractivity contribution is 6.33. The lowest BCUT2D eigenvalue weighted by Gasteiger charge is -2.12. The van der Waals surface area contributed by atoms with E-state index < -0.39 is 0 Å². The number of aryl methyl sites for hydroxylation is 1. The van der Waals surface area contributed by atoms with Gasteiger partial charge in [0.1, 0.15) is 5.75 Å². The van der Waals surface area contributed by atoms with Crippen molar-refractivity contribution in [2.75, 3.05) is 7.11 Å². The van der Waals surface area contributed by atoms with Gasteiger partial charge in [-0.3, -0.25) is 4.79 Å². The monoisotopic (exact) mass is 334 g/mol. The first-order valence-corrected chi connectivity index (χ1v) is 7.78. The van der Waals surface area contributed by atoms with E-state index in [9.17, 15) is 4.79 Å². The molecule has 0 saturated heterocycles. The summed E-state index contributed by atoms with van der Waals surface area (Å²) >= 11 is 0. The number of nitrogens with zero attached hydrogens (tertiary/aromatic N) is 1. The topological polar surface area (TPSA) is 78.4 Å². The van der Waals surface area contributed by atoms with Gasteiger partial charge in [-0.15, -0.1) is 0 Å². The Morgan fingerprint density at radius 3 is 2.40 bits per heavy atom. The van der Waals surface area contributed by atoms with Crippen LogP contribution in [0.2, 0.25) is 0 Å². The molecule has 0 aliphatic carbocycles. The van der Waals surface area contributed by atoms with Gasteiger partial charge in [-0.25, -0.2) is 0 Å². The molecule has 0 radical (unpaired) electrons. The van der Waals surface area contributed by atoms with Crippen molar-refractivity contribution in [2.24, 2.45) is 5.73 Å². The second-order valence-corrected chi connectivity index (χ2v) is 5.52. The van der Waals surface area contributed by atoms with Crippen LogP contribution < -0.4 is 10.5 Å². The van der Waals surface area contributed by atoms with E-state index >= 15 is 0 Å². The second-order valence-electron chi connectivity index (χ2n) is 5.52. The van der Waals surface area contributed by atoms with Crippen molar-refractivity contribution in [3.8, 4) is 5.75 Å². The summed E-state index contributed by atoms with van der Waals surface area (Å²) in [5, 5.41) is 3.88. The van der Waals surface area contributed by atoms with Gasteiger partial charge in [0.05, 0.1) is 24.1 Å². The fraction of sp³-hybridized carbons (Fsp3) is 0.100. The van der Waals surface area contributed by atoms with Crippen LogP contribution in [-0.2, 0) is 0 Å². The summed E-state index contributed by atoms with van der Waals surface area (Å²) in [5.74, 6) is 0.671. The smallest absolute Gasteiger partial charge is 0.198 e. The molecule has 3 rings (SSSR count). The standard InChI is InChI=1S/C20H18N2O3/c1-13-12-17(25-22-13)18(20(23)14-8-4-3-5-9-14)19(21)15-10-6-7-11-16(15)24-2/h3-12H,21H2,1-2H3. The maximum Gasteiger partial charge on any atom is 0.198 e. The Hall–Kier alpha value is -3.34. The Morgan fingerprint density at radius 1 is 1.08 bits per heavy atom. The fourth-order valence-electron chi connectivity index (χ4n) is 2.58. The Balaban J connectivity index is 2.22. The maximum absolute atomic E-state index is 13.1. The molecule has 0 aliphatic rings. The predicted molar refractivity (Wildman–Crippen MR) is 96.0 cm³/mol. The van der Waals surface area contributed by atoms with Crippen LogP contribution in [0.5, 0.6) is 5.75 Å². The van der Waals surface area contributed by atoms with E-state index in [0.717, 1.165) is 0 Å². The van der Waals surface area contributed by atoms with Gasteiger partial charge in [0.15, 0.2) is 11.5 Å². The number of Topliss-reactive ketones (excluding diaryl/α,β-unsaturated/α-hetero) is 1. The number of carbonyl (C=O) groups excluding carboxylic acids is 1. The third-order valence-corrected chi connectivity index (χ3v) is 3.80. The number of aromatic nitrogens is 1. The summed E-state index contributed by atoms with van der Waals surface area (Å²) < 4.78 is 10.7. The van der Waals surface area contributed by atoms with E-state index in [1.165, 1.54) is 0 Å². The number of hydrogen-bond donors (Lipinski definition) is 1. The van der Waals surface area contributed by atoms with E-state index in [-0.39, 0.29) is 17.1 Å². The third kappa shape index (κ3) is 3.30. The van der Waals surface area contributed by atoms with Crippen molar-refractivity contribution in [3.05, 3.63) is 83.2 Å². The summed E-state index contributed by atoms with van der Waals surface area (Å²) in [5.41, 5.74) is 8.74. The van der Waals surface area contributed by atoms with E-state index in [1.54, 1.807) is 56.5 Å². The molecule has 0 saturated carbocycles. The molecule has 1 aromatic heterocycles. The van der Waals surface area contributed by atoms with Crippen molar-refractivity contribution in [2.45, 2.75) is 6.92 Å². The molecule has 0 amide bonds. The first kappa shape index (κ1) is 16.5. The SMILES string of the molecule is COc1ccccc1C(N)=C(C(=O)c1ccccc1)c1cc(C)no1. The lowest BCUT2D eigenvalue weighted by Crippen LogP contribution is -2.10. The van der Waals surface area contributed by atoms with E-state index in [1.807, 2.05) is 18.2 Å². The van der Waals surface area contributed by atoms with E-state index in [0.29, 0.717) is 28.3 Å². The van der Waals surface area contributed by atoms with Crippen molar-refractivity contribution >= 4 is 17.1 Å². The summed E-state index contributed by atoms with van der Waals surface area (Å²) in [7, 11) is 1.56. The molecule has 0 fully saturated rings. The Labute approximate surface area is 145 Å². The van der Waals surface area contributed by atoms with Gasteiger partial charge < -0.3 is 15.0 Å². The molecule has 0 bridgehead atoms. The number of para-hydroxylation sites is 1. The number of allylic oxidation sites excluding steroid dienone is 1. The minimum atomic E-state index is -0.236. The summed E-state index contributed by atoms with van der Waals surface area (Å²) in [6, 6.07) is 17.9. The molecular weight excluding hydrogens is 316 g/mol. The molecule has 1 heterocycles. The first-order chi connectivity index (χ1) is 12.1. The van der Waals surface area contributed by atoms with E-state index in [2.05, 4.69) is 5.16 Å². The molecule has 2 N–H and O–H groups in total. The van der Waals surface area contributed by atoms with E-state index in [4.69, 9.17) is 15.0 Å². The van der Waals surface area contributed by atoms with Gasteiger partial charge in [-0.1, -0.05) is 47.6 Å². The van der Waals surface area contributed by atoms with Crippen molar-refractivity contribution in [3.63, 3.8) is 0 Å². The average molecular weight is 334 g/mol. The molecule has 5 heteroatoms. The van der Waals surface area contributed by atoms with Crippen LogP contribution in [0.25, 0.3) is 11.3 Å². The van der Waals surface area contributed by atoms with Gasteiger partial charge in [0.25, 0.3) is 0 Å². The summed E-state index contributed by atoms with van der Waals surface area (Å²) in [6.45, 7) is 1.79. The number of hydrogen-bond acceptors (Lipinski definition) is 5. The van der Waals surface area contributed by atoms with Crippen LogP contribution in [0.15, 0.2) is 65.2 Å². The number of benzene rings is 2. The Kier molecular flexibility index (Phi) is 4.66. The molecule has 126 valence electrons. The number of nitrogens with two attached hydrogens (primary N) is 1. The molecule has 25 heavy (non-hydrogen) atoms. The third-order valence-electron chi connectivity index (χ3n) is 3.80. The zero-order chi connectivity index (χ0) is 17.8. The number of carbonyl (C=O) groups is 1. The fourth-order valence-corrected chi connectivity index (χ4v) is 2.58. The zero-order valence-corrected chi connectivity index (χ0v) is 14.0. The minimum absolute atomic E-state index is 0.236. The van der Waals surface area contributed by atoms with Crippen LogP contribution in [0.3, 0.4) is 0 Å². The zero-order valence-electron chi connectivity index (χ0n) is 14.0. The Bertz CT molecular complexity index is 927. The lowest BCUT2D eigenvalue weighted by molar-refractivity contribution is 0.105. The number of ether oxygens (including phenoxy) is 1. The van der Waals surface area contributed by atoms with Crippen LogP contribution in [-0.4, -0.2) is 18.0 Å². The van der Waals surface area contributed by atoms with Gasteiger partial charge in [-0.05, 0) is 19.1 Å². The Morgan fingerprint density at radius 2 is 1.76 bits per heavy atom. The predicted octanol–water partition coefficient (Wildman–Crippen LogP) is 3.70. The second kappa shape index (κ2) is 7.05. The largest absolute Gasteiger partial charge is 0.496 e. The molecular formula is C20H18N2O3. The lowest BCUT2D eigenvalue weighted by atomic mass is 9.96. The number of rotatable bonds is 5. The van der Waals surface area contributed by atoms with Crippen LogP contribution in [0.1, 0.15) is 27.4 Å². The van der Waals surface area contributed by atoms with Crippen LogP contribution in [0.4, 0.5) is 0 Å². The molecule has 0 atom stereocenters. The highest BCUT2D eigenvalue weighted by Gasteiger charge is 2.23. The van der Waals surface area contributed by atoms with Crippen molar-refractivity contribution < 1.29 is 14.1 Å². The molecule has 5 nitrogen and oxygen atoms in total. The highest BCUT2D eigenvalue weighted by atomic mass is 16.5. The number of methoxy groups -OCH3 is 1. The normalized spacial score (nSPS) is 11.8. The summed E-state index contributed by atoms with van der Waals surface area (Å²) in [4.78, 5) is 13.1. The van der Waals surface area contributed by atoms with Gasteiger partial charge in [-0.2, -0.15) is 0 Å². The first-order valence-electron chi connectivity index (χ1n) is 7.78. The molecule has 0 aliphatic heterocycles. The van der Waals surface area contributed by atoms with Gasteiger partial charge in [0, 0.05) is 17.2 Å². The van der Waals surface area contributed by atoms with Crippen LogP contribution >= 0.6 is 0 Å². The summed E-state index contributed by atoms with van der Waals surface area (Å²) in [6.07, 6.45) is 0.